The first kappa shape index (κ1) is 16.9. The van der Waals surface area contributed by atoms with Gasteiger partial charge in [-0.1, -0.05) is 0 Å². The Morgan fingerprint density at radius 2 is 2.45 bits per heavy atom. The van der Waals surface area contributed by atoms with Crippen molar-refractivity contribution in [3.63, 3.8) is 0 Å². The average Bonchev–Trinajstić information content (AvgIpc) is 2.49. The predicted molar refractivity (Wildman–Crippen MR) is 81.9 cm³/mol. The van der Waals surface area contributed by atoms with Crippen LogP contribution >= 0.6 is 0 Å². The van der Waals surface area contributed by atoms with Gasteiger partial charge < -0.3 is 24.9 Å². The zero-order valence-corrected chi connectivity index (χ0v) is 13.3. The molecule has 0 aromatic carbocycles. The van der Waals surface area contributed by atoms with Gasteiger partial charge in [0.05, 0.1) is 25.4 Å². The molecule has 8 nitrogen and oxygen atoms in total. The molecule has 0 saturated carbocycles. The van der Waals surface area contributed by atoms with E-state index in [2.05, 4.69) is 20.2 Å². The Kier molecular flexibility index (Phi) is 5.52. The fourth-order valence-electron chi connectivity index (χ4n) is 2.55. The van der Waals surface area contributed by atoms with Crippen molar-refractivity contribution < 1.29 is 14.6 Å². The van der Waals surface area contributed by atoms with E-state index in [1.54, 1.807) is 0 Å². The lowest BCUT2D eigenvalue weighted by Gasteiger charge is -2.47. The van der Waals surface area contributed by atoms with Gasteiger partial charge in [-0.05, 0) is 14.0 Å². The first-order valence-corrected chi connectivity index (χ1v) is 7.25. The summed E-state index contributed by atoms with van der Waals surface area (Å²) in [5, 5.41) is 13.0. The van der Waals surface area contributed by atoms with Crippen LogP contribution in [-0.2, 0) is 16.1 Å². The molecule has 1 aliphatic rings. The number of morpholine rings is 1. The number of aromatic nitrogens is 2. The highest BCUT2D eigenvalue weighted by Gasteiger charge is 2.40. The number of hydrogen-bond donors (Lipinski definition) is 3. The van der Waals surface area contributed by atoms with Gasteiger partial charge in [0.15, 0.2) is 0 Å². The van der Waals surface area contributed by atoms with Crippen molar-refractivity contribution >= 4 is 5.82 Å². The summed E-state index contributed by atoms with van der Waals surface area (Å²) in [5.41, 5.74) is -0.784. The Morgan fingerprint density at radius 3 is 3.14 bits per heavy atom. The standard InChI is InChI=1S/C14H24N4O4/c1-10-5-22-9-14(8-19,18(10)2)7-15-11-4-13(20)17-12(16-11)6-21-3/h4,10,19H,5-9H2,1-3H3,(H2,15,16,17,20)/t10-,14+/m1/s1. The maximum atomic E-state index is 11.6. The van der Waals surface area contributed by atoms with Crippen LogP contribution in [0.25, 0.3) is 0 Å². The molecule has 8 heteroatoms. The van der Waals surface area contributed by atoms with Gasteiger partial charge in [-0.2, -0.15) is 0 Å². The van der Waals surface area contributed by atoms with Gasteiger partial charge in [0.2, 0.25) is 0 Å². The van der Waals surface area contributed by atoms with Crippen LogP contribution in [0.4, 0.5) is 5.82 Å². The highest BCUT2D eigenvalue weighted by molar-refractivity contribution is 5.34. The molecule has 0 bridgehead atoms. The Balaban J connectivity index is 2.12. The summed E-state index contributed by atoms with van der Waals surface area (Å²) in [6.45, 7) is 3.72. The van der Waals surface area contributed by atoms with E-state index in [0.29, 0.717) is 31.4 Å². The Bertz CT molecular complexity index is 550. The number of ether oxygens (including phenoxy) is 2. The second-order valence-electron chi connectivity index (χ2n) is 5.72. The molecule has 0 amide bonds. The second kappa shape index (κ2) is 7.19. The average molecular weight is 312 g/mol. The molecule has 0 spiro atoms. The minimum atomic E-state index is -0.538. The van der Waals surface area contributed by atoms with Crippen LogP contribution in [0.3, 0.4) is 0 Å². The smallest absolute Gasteiger partial charge is 0.253 e. The van der Waals surface area contributed by atoms with E-state index in [9.17, 15) is 9.90 Å². The first-order valence-electron chi connectivity index (χ1n) is 7.25. The van der Waals surface area contributed by atoms with Gasteiger partial charge in [-0.3, -0.25) is 9.69 Å². The zero-order valence-electron chi connectivity index (χ0n) is 13.3. The number of H-pyrrole nitrogens is 1. The summed E-state index contributed by atoms with van der Waals surface area (Å²) in [6.07, 6.45) is 0. The lowest BCUT2D eigenvalue weighted by Crippen LogP contribution is -2.64. The van der Waals surface area contributed by atoms with Gasteiger partial charge in [0, 0.05) is 25.8 Å². The maximum Gasteiger partial charge on any atom is 0.253 e. The summed E-state index contributed by atoms with van der Waals surface area (Å²) >= 11 is 0. The molecule has 1 aromatic heterocycles. The second-order valence-corrected chi connectivity index (χ2v) is 5.72. The number of rotatable bonds is 6. The number of anilines is 1. The lowest BCUT2D eigenvalue weighted by atomic mass is 9.96. The third-order valence-electron chi connectivity index (χ3n) is 4.10. The normalized spacial score (nSPS) is 26.1. The van der Waals surface area contributed by atoms with Crippen LogP contribution in [0.15, 0.2) is 10.9 Å². The molecule has 1 fully saturated rings. The van der Waals surface area contributed by atoms with Crippen molar-refractivity contribution in [3.8, 4) is 0 Å². The van der Waals surface area contributed by atoms with Crippen molar-refractivity contribution in [2.75, 3.05) is 45.8 Å². The molecule has 1 aromatic rings. The van der Waals surface area contributed by atoms with Crippen LogP contribution in [0, 0.1) is 0 Å². The van der Waals surface area contributed by atoms with Crippen LogP contribution in [-0.4, -0.2) is 72.1 Å². The molecule has 3 N–H and O–H groups in total. The molecule has 1 saturated heterocycles. The molecule has 2 rings (SSSR count). The van der Waals surface area contributed by atoms with Crippen molar-refractivity contribution in [1.82, 2.24) is 14.9 Å². The van der Waals surface area contributed by atoms with Crippen LogP contribution in [0.1, 0.15) is 12.7 Å². The highest BCUT2D eigenvalue weighted by atomic mass is 16.5. The number of aliphatic hydroxyl groups is 1. The zero-order chi connectivity index (χ0) is 16.2. The van der Waals surface area contributed by atoms with E-state index < -0.39 is 5.54 Å². The number of nitrogens with one attached hydrogen (secondary N) is 2. The number of hydrogen-bond acceptors (Lipinski definition) is 7. The Hall–Kier alpha value is -1.48. The van der Waals surface area contributed by atoms with E-state index in [4.69, 9.17) is 9.47 Å². The van der Waals surface area contributed by atoms with E-state index >= 15 is 0 Å². The van der Waals surface area contributed by atoms with E-state index in [0.717, 1.165) is 0 Å². The molecular formula is C14H24N4O4. The largest absolute Gasteiger partial charge is 0.394 e. The number of likely N-dealkylation sites (N-methyl/N-ethyl adjacent to an activating group) is 1. The predicted octanol–water partition coefficient (Wildman–Crippen LogP) is -0.590. The fourth-order valence-corrected chi connectivity index (χ4v) is 2.55. The number of aromatic amines is 1. The summed E-state index contributed by atoms with van der Waals surface area (Å²) in [4.78, 5) is 20.6. The van der Waals surface area contributed by atoms with Crippen LogP contribution < -0.4 is 10.9 Å². The monoisotopic (exact) mass is 312 g/mol. The van der Waals surface area contributed by atoms with Gasteiger partial charge in [-0.25, -0.2) is 4.98 Å². The Labute approximate surface area is 129 Å². The van der Waals surface area contributed by atoms with Crippen molar-refractivity contribution in [3.05, 3.63) is 22.2 Å². The number of nitrogens with zero attached hydrogens (tertiary/aromatic N) is 2. The van der Waals surface area contributed by atoms with Gasteiger partial charge in [0.1, 0.15) is 18.2 Å². The Morgan fingerprint density at radius 1 is 1.68 bits per heavy atom. The summed E-state index contributed by atoms with van der Waals surface area (Å²) in [6, 6.07) is 1.59. The van der Waals surface area contributed by atoms with E-state index in [1.807, 2.05) is 14.0 Å². The SMILES string of the molecule is COCc1nc(NC[C@]2(CO)COC[C@@H](C)N2C)cc(=O)[nH]1. The number of methoxy groups -OCH3 is 1. The summed E-state index contributed by atoms with van der Waals surface area (Å²) in [5.74, 6) is 0.910. The third kappa shape index (κ3) is 3.64. The van der Waals surface area contributed by atoms with Gasteiger partial charge in [0.25, 0.3) is 5.56 Å². The molecular weight excluding hydrogens is 288 g/mol. The molecule has 2 heterocycles. The van der Waals surface area contributed by atoms with E-state index in [-0.39, 0.29) is 24.8 Å². The highest BCUT2D eigenvalue weighted by Crippen LogP contribution is 2.22. The minimum Gasteiger partial charge on any atom is -0.394 e. The van der Waals surface area contributed by atoms with Crippen molar-refractivity contribution in [1.29, 1.82) is 0 Å². The van der Waals surface area contributed by atoms with Crippen LogP contribution in [0.2, 0.25) is 0 Å². The summed E-state index contributed by atoms with van der Waals surface area (Å²) in [7, 11) is 3.50. The maximum absolute atomic E-state index is 11.6. The fraction of sp³-hybridized carbons (Fsp3) is 0.714. The minimum absolute atomic E-state index is 0.0467. The van der Waals surface area contributed by atoms with Crippen molar-refractivity contribution in [2.45, 2.75) is 25.1 Å². The molecule has 0 unspecified atom stereocenters. The molecule has 1 aliphatic heterocycles. The molecule has 2 atom stereocenters. The molecule has 0 radical (unpaired) electrons. The lowest BCUT2D eigenvalue weighted by molar-refractivity contribution is -0.101. The van der Waals surface area contributed by atoms with Crippen LogP contribution in [0.5, 0.6) is 0 Å². The number of aliphatic hydroxyl groups excluding tert-OH is 1. The molecule has 124 valence electrons. The molecule has 22 heavy (non-hydrogen) atoms. The molecule has 0 aliphatic carbocycles. The van der Waals surface area contributed by atoms with Crippen molar-refractivity contribution in [2.24, 2.45) is 0 Å². The quantitative estimate of drug-likeness (QED) is 0.645. The summed E-state index contributed by atoms with van der Waals surface area (Å²) < 4.78 is 10.6. The van der Waals surface area contributed by atoms with Gasteiger partial charge in [-0.15, -0.1) is 0 Å². The van der Waals surface area contributed by atoms with Gasteiger partial charge >= 0.3 is 0 Å². The third-order valence-corrected chi connectivity index (χ3v) is 4.10. The first-order chi connectivity index (χ1) is 10.5. The van der Waals surface area contributed by atoms with E-state index in [1.165, 1.54) is 13.2 Å². The topological polar surface area (TPSA) is 99.7 Å².